The quantitative estimate of drug-likeness (QED) is 0.0212. The Morgan fingerprint density at radius 1 is 0.517 bits per heavy atom. The van der Waals surface area contributed by atoms with Crippen molar-refractivity contribution >= 4 is 19.8 Å². The highest BCUT2D eigenvalue weighted by atomic mass is 31.2. The van der Waals surface area contributed by atoms with Crippen LogP contribution in [-0.4, -0.2) is 74.9 Å². The van der Waals surface area contributed by atoms with Gasteiger partial charge in [-0.2, -0.15) is 0 Å². The van der Waals surface area contributed by atoms with E-state index >= 15 is 0 Å². The van der Waals surface area contributed by atoms with Gasteiger partial charge in [-0.3, -0.25) is 18.6 Å². The van der Waals surface area contributed by atoms with Gasteiger partial charge in [0.15, 0.2) is 6.10 Å². The Morgan fingerprint density at radius 2 is 0.879 bits per heavy atom. The maximum atomic E-state index is 12.7. The van der Waals surface area contributed by atoms with Gasteiger partial charge in [-0.15, -0.1) is 0 Å². The first-order valence-electron chi connectivity index (χ1n) is 24.4. The zero-order valence-corrected chi connectivity index (χ0v) is 39.7. The Hall–Kier alpha value is -1.25. The number of phosphoric ester groups is 1. The molecule has 0 bridgehead atoms. The summed E-state index contributed by atoms with van der Waals surface area (Å²) in [6.45, 7) is 4.45. The van der Waals surface area contributed by atoms with Crippen molar-refractivity contribution in [3.05, 3.63) is 12.2 Å². The molecule has 0 aromatic carbocycles. The van der Waals surface area contributed by atoms with Gasteiger partial charge < -0.3 is 18.9 Å². The second-order valence-electron chi connectivity index (χ2n) is 17.9. The maximum absolute atomic E-state index is 12.7. The van der Waals surface area contributed by atoms with Crippen LogP contribution in [0.1, 0.15) is 232 Å². The van der Waals surface area contributed by atoms with Gasteiger partial charge >= 0.3 is 19.8 Å². The van der Waals surface area contributed by atoms with Crippen molar-refractivity contribution in [2.75, 3.05) is 47.5 Å². The van der Waals surface area contributed by atoms with E-state index in [2.05, 4.69) is 26.0 Å². The van der Waals surface area contributed by atoms with E-state index < -0.39 is 26.5 Å². The van der Waals surface area contributed by atoms with Crippen molar-refractivity contribution in [2.24, 2.45) is 0 Å². The highest BCUT2D eigenvalue weighted by Gasteiger charge is 2.27. The molecular weight excluding hydrogens is 750 g/mol. The van der Waals surface area contributed by atoms with Crippen LogP contribution in [0.15, 0.2) is 12.2 Å². The Morgan fingerprint density at radius 3 is 1.28 bits per heavy atom. The number of quaternary nitrogens is 1. The molecule has 0 aliphatic heterocycles. The van der Waals surface area contributed by atoms with Crippen LogP contribution in [-0.2, 0) is 32.7 Å². The summed E-state index contributed by atoms with van der Waals surface area (Å²) in [5, 5.41) is 0. The van der Waals surface area contributed by atoms with Crippen LogP contribution < -0.4 is 0 Å². The number of hydrogen-bond donors (Lipinski definition) is 1. The van der Waals surface area contributed by atoms with Gasteiger partial charge in [-0.1, -0.05) is 193 Å². The number of carbonyl (C=O) groups excluding carboxylic acids is 2. The second-order valence-corrected chi connectivity index (χ2v) is 19.3. The summed E-state index contributed by atoms with van der Waals surface area (Å²) in [5.74, 6) is -0.787. The molecule has 0 aliphatic carbocycles. The fraction of sp³-hybridized carbons (Fsp3) is 0.917. The number of likely N-dealkylation sites (N-methyl/N-ethyl adjacent to an activating group) is 1. The third-order valence-electron chi connectivity index (χ3n) is 10.8. The molecule has 0 saturated heterocycles. The van der Waals surface area contributed by atoms with Gasteiger partial charge in [0.05, 0.1) is 27.7 Å². The molecule has 0 radical (unpaired) electrons. The Labute approximate surface area is 358 Å². The highest BCUT2D eigenvalue weighted by molar-refractivity contribution is 7.47. The van der Waals surface area contributed by atoms with E-state index in [0.717, 1.165) is 32.1 Å². The maximum Gasteiger partial charge on any atom is 0.472 e. The van der Waals surface area contributed by atoms with Crippen LogP contribution in [0.25, 0.3) is 0 Å². The van der Waals surface area contributed by atoms with Crippen molar-refractivity contribution in [3.63, 3.8) is 0 Å². The number of unbranched alkanes of at least 4 members (excludes halogenated alkanes) is 29. The SMILES string of the molecule is CCCCCCCC/C=C/CCCCCCCCCCCCCC(=O)OC(COC(=O)CCCCCCCCCCCCCCC)COP(=O)(O)OCC[N+](C)(C)C. The Balaban J connectivity index is 4.23. The predicted molar refractivity (Wildman–Crippen MR) is 243 cm³/mol. The minimum absolute atomic E-state index is 0.0350. The summed E-state index contributed by atoms with van der Waals surface area (Å²) in [5.41, 5.74) is 0. The number of phosphoric acid groups is 1. The zero-order chi connectivity index (χ0) is 42.8. The number of nitrogens with zero attached hydrogens (tertiary/aromatic N) is 1. The van der Waals surface area contributed by atoms with Crippen molar-refractivity contribution in [2.45, 2.75) is 238 Å². The van der Waals surface area contributed by atoms with E-state index in [4.69, 9.17) is 18.5 Å². The van der Waals surface area contributed by atoms with Gasteiger partial charge in [0, 0.05) is 12.8 Å². The largest absolute Gasteiger partial charge is 0.472 e. The summed E-state index contributed by atoms with van der Waals surface area (Å²) in [6.07, 6.45) is 44.0. The van der Waals surface area contributed by atoms with Gasteiger partial charge in [0.1, 0.15) is 19.8 Å². The minimum Gasteiger partial charge on any atom is -0.462 e. The monoisotopic (exact) mass is 845 g/mol. The highest BCUT2D eigenvalue weighted by Crippen LogP contribution is 2.43. The van der Waals surface area contributed by atoms with Crippen LogP contribution in [0.3, 0.4) is 0 Å². The fourth-order valence-electron chi connectivity index (χ4n) is 6.95. The van der Waals surface area contributed by atoms with E-state index in [-0.39, 0.29) is 25.6 Å². The number of ether oxygens (including phenoxy) is 2. The van der Waals surface area contributed by atoms with Crippen LogP contribution in [0, 0.1) is 0 Å². The molecule has 0 aromatic rings. The number of carbonyl (C=O) groups is 2. The molecule has 0 aliphatic rings. The molecule has 2 atom stereocenters. The topological polar surface area (TPSA) is 108 Å². The molecule has 0 spiro atoms. The number of allylic oxidation sites excluding steroid dienone is 2. The van der Waals surface area contributed by atoms with Gasteiger partial charge in [-0.25, -0.2) is 4.57 Å². The molecule has 10 heteroatoms. The first-order chi connectivity index (χ1) is 28.0. The first-order valence-corrected chi connectivity index (χ1v) is 25.9. The van der Waals surface area contributed by atoms with Crippen LogP contribution in [0.4, 0.5) is 0 Å². The molecule has 344 valence electrons. The lowest BCUT2D eigenvalue weighted by atomic mass is 10.0. The van der Waals surface area contributed by atoms with E-state index in [1.807, 2.05) is 21.1 Å². The van der Waals surface area contributed by atoms with E-state index in [1.165, 1.54) is 167 Å². The second kappa shape index (κ2) is 41.1. The summed E-state index contributed by atoms with van der Waals surface area (Å²) in [6, 6.07) is 0. The Bertz CT molecular complexity index is 1000. The standard InChI is InChI=1S/C48H94NO8P/c1-6-8-10-12-14-16-18-20-21-22-23-24-25-26-27-29-31-33-35-37-39-41-48(51)57-46(45-56-58(52,53)55-43-42-49(3,4)5)44-54-47(50)40-38-36-34-32-30-28-19-17-15-13-11-9-7-2/h20-21,46H,6-19,22-45H2,1-5H3/p+1/b21-20+. The molecule has 0 saturated carbocycles. The lowest BCUT2D eigenvalue weighted by molar-refractivity contribution is -0.870. The molecule has 0 aromatic heterocycles. The smallest absolute Gasteiger partial charge is 0.462 e. The van der Waals surface area contributed by atoms with Gasteiger partial charge in [0.25, 0.3) is 0 Å². The third kappa shape index (κ3) is 44.3. The molecule has 0 rings (SSSR count). The van der Waals surface area contributed by atoms with Gasteiger partial charge in [-0.05, 0) is 38.5 Å². The average molecular weight is 845 g/mol. The number of hydrogen-bond acceptors (Lipinski definition) is 7. The van der Waals surface area contributed by atoms with E-state index in [1.54, 1.807) is 0 Å². The Kier molecular flexibility index (Phi) is 40.2. The van der Waals surface area contributed by atoms with Crippen molar-refractivity contribution in [1.29, 1.82) is 0 Å². The lowest BCUT2D eigenvalue weighted by Crippen LogP contribution is -2.37. The molecule has 0 heterocycles. The summed E-state index contributed by atoms with van der Waals surface area (Å²) in [4.78, 5) is 35.4. The van der Waals surface area contributed by atoms with Gasteiger partial charge in [0.2, 0.25) is 0 Å². The molecule has 0 fully saturated rings. The third-order valence-corrected chi connectivity index (χ3v) is 11.8. The molecule has 2 unspecified atom stereocenters. The number of rotatable bonds is 45. The molecule has 9 nitrogen and oxygen atoms in total. The zero-order valence-electron chi connectivity index (χ0n) is 38.8. The van der Waals surface area contributed by atoms with Crippen LogP contribution >= 0.6 is 7.82 Å². The van der Waals surface area contributed by atoms with Crippen LogP contribution in [0.2, 0.25) is 0 Å². The lowest BCUT2D eigenvalue weighted by Gasteiger charge is -2.24. The van der Waals surface area contributed by atoms with Crippen molar-refractivity contribution < 1.29 is 42.1 Å². The van der Waals surface area contributed by atoms with Crippen molar-refractivity contribution in [3.8, 4) is 0 Å². The fourth-order valence-corrected chi connectivity index (χ4v) is 7.69. The van der Waals surface area contributed by atoms with Crippen molar-refractivity contribution in [1.82, 2.24) is 0 Å². The summed E-state index contributed by atoms with van der Waals surface area (Å²) < 4.78 is 34.4. The summed E-state index contributed by atoms with van der Waals surface area (Å²) in [7, 11) is 1.49. The summed E-state index contributed by atoms with van der Waals surface area (Å²) >= 11 is 0. The predicted octanol–water partition coefficient (Wildman–Crippen LogP) is 14.1. The van der Waals surface area contributed by atoms with E-state index in [9.17, 15) is 19.0 Å². The molecule has 58 heavy (non-hydrogen) atoms. The first kappa shape index (κ1) is 56.8. The molecule has 1 N–H and O–H groups in total. The normalized spacial score (nSPS) is 13.6. The molecular formula is C48H95NO8P+. The van der Waals surface area contributed by atoms with E-state index in [0.29, 0.717) is 23.9 Å². The number of esters is 2. The average Bonchev–Trinajstić information content (AvgIpc) is 3.17. The molecule has 0 amide bonds. The van der Waals surface area contributed by atoms with Crippen LogP contribution in [0.5, 0.6) is 0 Å². The minimum atomic E-state index is -4.37.